The third-order valence-electron chi connectivity index (χ3n) is 4.05. The van der Waals surface area contributed by atoms with Gasteiger partial charge in [-0.2, -0.15) is 0 Å². The number of piperidine rings is 1. The smallest absolute Gasteiger partial charge is 0.228 e. The molecular weight excluding hydrogens is 282 g/mol. The summed E-state index contributed by atoms with van der Waals surface area (Å²) >= 11 is 0. The van der Waals surface area contributed by atoms with E-state index in [1.54, 1.807) is 37.4 Å². The average Bonchev–Trinajstić information content (AvgIpc) is 2.54. The predicted molar refractivity (Wildman–Crippen MR) is 83.8 cm³/mol. The summed E-state index contributed by atoms with van der Waals surface area (Å²) in [5, 5.41) is 0. The van der Waals surface area contributed by atoms with Crippen molar-refractivity contribution in [1.29, 1.82) is 0 Å². The number of methoxy groups -OCH3 is 1. The molecule has 0 aromatic carbocycles. The van der Waals surface area contributed by atoms with Gasteiger partial charge in [0.05, 0.1) is 19.0 Å². The molecule has 2 amide bonds. The van der Waals surface area contributed by atoms with E-state index in [2.05, 4.69) is 4.98 Å². The van der Waals surface area contributed by atoms with Gasteiger partial charge in [-0.1, -0.05) is 0 Å². The van der Waals surface area contributed by atoms with Crippen molar-refractivity contribution >= 4 is 17.5 Å². The Bertz CT molecular complexity index is 530. The van der Waals surface area contributed by atoms with E-state index in [-0.39, 0.29) is 17.9 Å². The van der Waals surface area contributed by atoms with Crippen LogP contribution in [0.15, 0.2) is 18.3 Å². The van der Waals surface area contributed by atoms with Gasteiger partial charge in [-0.05, 0) is 25.8 Å². The number of nitrogens with zero attached hydrogens (tertiary/aromatic N) is 3. The number of likely N-dealkylation sites (tertiary alicyclic amines) is 1. The molecule has 0 N–H and O–H groups in total. The summed E-state index contributed by atoms with van der Waals surface area (Å²) in [5.74, 6) is 0.634. The average molecular weight is 305 g/mol. The monoisotopic (exact) mass is 305 g/mol. The molecule has 6 heteroatoms. The Balaban J connectivity index is 1.96. The molecule has 1 aromatic rings. The maximum atomic E-state index is 12.4. The molecule has 0 saturated carbocycles. The Labute approximate surface area is 131 Å². The number of aromatic nitrogens is 1. The number of carbonyl (C=O) groups excluding carboxylic acids is 2. The fourth-order valence-corrected chi connectivity index (χ4v) is 2.63. The zero-order valence-electron chi connectivity index (χ0n) is 13.4. The third kappa shape index (κ3) is 3.75. The molecule has 22 heavy (non-hydrogen) atoms. The van der Waals surface area contributed by atoms with Gasteiger partial charge >= 0.3 is 0 Å². The Hall–Kier alpha value is -2.11. The van der Waals surface area contributed by atoms with Crippen molar-refractivity contribution in [3.63, 3.8) is 0 Å². The van der Waals surface area contributed by atoms with Crippen LogP contribution in [0.5, 0.6) is 5.88 Å². The van der Waals surface area contributed by atoms with Gasteiger partial charge in [0.2, 0.25) is 17.7 Å². The highest BCUT2D eigenvalue weighted by atomic mass is 16.5. The lowest BCUT2D eigenvalue weighted by Crippen LogP contribution is -2.44. The molecule has 1 unspecified atom stereocenters. The van der Waals surface area contributed by atoms with Crippen molar-refractivity contribution in [2.24, 2.45) is 0 Å². The van der Waals surface area contributed by atoms with E-state index in [9.17, 15) is 9.59 Å². The van der Waals surface area contributed by atoms with Crippen LogP contribution in [0.4, 0.5) is 5.69 Å². The highest BCUT2D eigenvalue weighted by Crippen LogP contribution is 2.19. The first-order valence-corrected chi connectivity index (χ1v) is 7.59. The van der Waals surface area contributed by atoms with E-state index >= 15 is 0 Å². The van der Waals surface area contributed by atoms with Gasteiger partial charge < -0.3 is 14.5 Å². The normalized spacial score (nSPS) is 16.3. The minimum Gasteiger partial charge on any atom is -0.481 e. The fourth-order valence-electron chi connectivity index (χ4n) is 2.63. The van der Waals surface area contributed by atoms with Crippen molar-refractivity contribution in [1.82, 2.24) is 9.88 Å². The van der Waals surface area contributed by atoms with Crippen molar-refractivity contribution < 1.29 is 14.3 Å². The molecular formula is C16H23N3O3. The molecule has 0 aliphatic carbocycles. The summed E-state index contributed by atoms with van der Waals surface area (Å²) in [5.41, 5.74) is 0.711. The first kappa shape index (κ1) is 16.3. The molecule has 0 bridgehead atoms. The van der Waals surface area contributed by atoms with Gasteiger partial charge in [0.15, 0.2) is 0 Å². The van der Waals surface area contributed by atoms with Crippen LogP contribution in [0.3, 0.4) is 0 Å². The molecule has 2 heterocycles. The first-order chi connectivity index (χ1) is 10.5. The van der Waals surface area contributed by atoms with Gasteiger partial charge in [0, 0.05) is 38.5 Å². The van der Waals surface area contributed by atoms with Crippen LogP contribution in [0.25, 0.3) is 0 Å². The van der Waals surface area contributed by atoms with Gasteiger partial charge in [-0.3, -0.25) is 9.59 Å². The maximum absolute atomic E-state index is 12.4. The van der Waals surface area contributed by atoms with Crippen LogP contribution < -0.4 is 9.64 Å². The van der Waals surface area contributed by atoms with E-state index in [4.69, 9.17) is 4.74 Å². The first-order valence-electron chi connectivity index (χ1n) is 7.59. The Morgan fingerprint density at radius 2 is 2.23 bits per heavy atom. The number of anilines is 1. The Morgan fingerprint density at radius 3 is 2.82 bits per heavy atom. The van der Waals surface area contributed by atoms with E-state index < -0.39 is 0 Å². The van der Waals surface area contributed by atoms with Crippen LogP contribution in [-0.4, -0.2) is 48.4 Å². The number of hydrogen-bond donors (Lipinski definition) is 0. The van der Waals surface area contributed by atoms with Crippen LogP contribution in [0.2, 0.25) is 0 Å². The second-order valence-electron chi connectivity index (χ2n) is 5.61. The quantitative estimate of drug-likeness (QED) is 0.833. The summed E-state index contributed by atoms with van der Waals surface area (Å²) in [6.45, 7) is 2.68. The molecule has 1 fully saturated rings. The van der Waals surface area contributed by atoms with Gasteiger partial charge in [0.25, 0.3) is 0 Å². The molecule has 1 aliphatic heterocycles. The van der Waals surface area contributed by atoms with E-state index in [0.29, 0.717) is 24.4 Å². The fraction of sp³-hybridized carbons (Fsp3) is 0.562. The molecule has 1 atom stereocenters. The second kappa shape index (κ2) is 7.24. The van der Waals surface area contributed by atoms with E-state index in [1.807, 2.05) is 11.8 Å². The lowest BCUT2D eigenvalue weighted by atomic mass is 10.1. The van der Waals surface area contributed by atoms with Gasteiger partial charge in [0.1, 0.15) is 0 Å². The van der Waals surface area contributed by atoms with Crippen molar-refractivity contribution in [3.05, 3.63) is 18.3 Å². The van der Waals surface area contributed by atoms with Crippen molar-refractivity contribution in [3.8, 4) is 5.88 Å². The number of hydrogen-bond acceptors (Lipinski definition) is 4. The summed E-state index contributed by atoms with van der Waals surface area (Å²) in [7, 11) is 3.27. The third-order valence-corrected chi connectivity index (χ3v) is 4.05. The summed E-state index contributed by atoms with van der Waals surface area (Å²) in [6.07, 6.45) is 4.48. The minimum absolute atomic E-state index is 0.0298. The Kier molecular flexibility index (Phi) is 5.35. The molecule has 6 nitrogen and oxygen atoms in total. The molecule has 0 spiro atoms. The largest absolute Gasteiger partial charge is 0.481 e. The molecule has 1 saturated heterocycles. The second-order valence-corrected chi connectivity index (χ2v) is 5.61. The van der Waals surface area contributed by atoms with Crippen LogP contribution in [0, 0.1) is 0 Å². The summed E-state index contributed by atoms with van der Waals surface area (Å²) in [6, 6.07) is 3.44. The van der Waals surface area contributed by atoms with Crippen molar-refractivity contribution in [2.45, 2.75) is 38.6 Å². The van der Waals surface area contributed by atoms with Crippen LogP contribution >= 0.6 is 0 Å². The molecule has 1 aliphatic rings. The lowest BCUT2D eigenvalue weighted by molar-refractivity contribution is -0.136. The predicted octanol–water partition coefficient (Wildman–Crippen LogP) is 1.84. The highest BCUT2D eigenvalue weighted by Gasteiger charge is 2.25. The number of amides is 2. The lowest BCUT2D eigenvalue weighted by Gasteiger charge is -2.33. The highest BCUT2D eigenvalue weighted by molar-refractivity contribution is 5.93. The Morgan fingerprint density at radius 1 is 1.45 bits per heavy atom. The SMILES string of the molecule is COc1ccc(N(C)C(=O)CC(C)N2CCCCC2=O)cn1. The van der Waals surface area contributed by atoms with Crippen LogP contribution in [0.1, 0.15) is 32.6 Å². The number of carbonyl (C=O) groups is 2. The number of pyridine rings is 1. The number of ether oxygens (including phenoxy) is 1. The molecule has 1 aromatic heterocycles. The van der Waals surface area contributed by atoms with Gasteiger partial charge in [-0.25, -0.2) is 4.98 Å². The number of rotatable bonds is 5. The summed E-state index contributed by atoms with van der Waals surface area (Å²) < 4.78 is 5.01. The maximum Gasteiger partial charge on any atom is 0.228 e. The minimum atomic E-state index is -0.0750. The summed E-state index contributed by atoms with van der Waals surface area (Å²) in [4.78, 5) is 31.8. The topological polar surface area (TPSA) is 62.7 Å². The zero-order valence-corrected chi connectivity index (χ0v) is 13.4. The van der Waals surface area contributed by atoms with E-state index in [1.165, 1.54) is 0 Å². The van der Waals surface area contributed by atoms with E-state index in [0.717, 1.165) is 19.4 Å². The molecule has 2 rings (SSSR count). The molecule has 120 valence electrons. The zero-order chi connectivity index (χ0) is 16.1. The van der Waals surface area contributed by atoms with Gasteiger partial charge in [-0.15, -0.1) is 0 Å². The standard InChI is InChI=1S/C16H23N3O3/c1-12(19-9-5-4-6-15(19)20)10-16(21)18(2)13-7-8-14(22-3)17-11-13/h7-8,11-12H,4-6,9-10H2,1-3H3. The van der Waals surface area contributed by atoms with Crippen molar-refractivity contribution in [2.75, 3.05) is 25.6 Å². The van der Waals surface area contributed by atoms with Crippen LogP contribution in [-0.2, 0) is 9.59 Å². The molecule has 0 radical (unpaired) electrons.